The summed E-state index contributed by atoms with van der Waals surface area (Å²) in [5.41, 5.74) is 3.20. The number of hydrogen-bond acceptors (Lipinski definition) is 5. The van der Waals surface area contributed by atoms with Crippen molar-refractivity contribution in [3.63, 3.8) is 0 Å². The van der Waals surface area contributed by atoms with Gasteiger partial charge in [-0.3, -0.25) is 14.9 Å². The lowest BCUT2D eigenvalue weighted by atomic mass is 9.95. The van der Waals surface area contributed by atoms with E-state index in [4.69, 9.17) is 16.3 Å². The van der Waals surface area contributed by atoms with Gasteiger partial charge in [0.25, 0.3) is 0 Å². The molecule has 2 unspecified atom stereocenters. The molecular formula is C30H30BrClFN5O4. The van der Waals surface area contributed by atoms with E-state index >= 15 is 0 Å². The highest BCUT2D eigenvalue weighted by atomic mass is 79.9. The average Bonchev–Trinajstić information content (AvgIpc) is 3.45. The maximum absolute atomic E-state index is 14.9. The van der Waals surface area contributed by atoms with Gasteiger partial charge in [-0.2, -0.15) is 0 Å². The zero-order valence-corrected chi connectivity index (χ0v) is 25.4. The second-order valence-corrected chi connectivity index (χ2v) is 11.7. The molecule has 2 aromatic carbocycles. The van der Waals surface area contributed by atoms with Gasteiger partial charge >= 0.3 is 6.09 Å². The molecule has 0 saturated carbocycles. The summed E-state index contributed by atoms with van der Waals surface area (Å²) in [7, 11) is 1.27. The van der Waals surface area contributed by atoms with Gasteiger partial charge < -0.3 is 19.9 Å². The Morgan fingerprint density at radius 1 is 1.21 bits per heavy atom. The van der Waals surface area contributed by atoms with Gasteiger partial charge in [0.05, 0.1) is 35.8 Å². The Balaban J connectivity index is 1.49. The molecular weight excluding hydrogens is 629 g/mol. The molecule has 3 N–H and O–H groups in total. The van der Waals surface area contributed by atoms with Crippen molar-refractivity contribution in [3.8, 4) is 11.4 Å². The molecule has 2 aliphatic rings. The van der Waals surface area contributed by atoms with Crippen molar-refractivity contribution in [2.75, 3.05) is 24.3 Å². The highest BCUT2D eigenvalue weighted by molar-refractivity contribution is 9.10. The Morgan fingerprint density at radius 2 is 2.00 bits per heavy atom. The summed E-state index contributed by atoms with van der Waals surface area (Å²) in [6, 6.07) is 7.95. The molecule has 0 aliphatic carbocycles. The van der Waals surface area contributed by atoms with Crippen LogP contribution in [0, 0.1) is 11.7 Å². The number of fused-ring (bicyclic) bond motifs is 4. The van der Waals surface area contributed by atoms with Gasteiger partial charge in [0.2, 0.25) is 11.8 Å². The number of imidazole rings is 1. The summed E-state index contributed by atoms with van der Waals surface area (Å²) in [5, 5.41) is 5.61. The van der Waals surface area contributed by atoms with Gasteiger partial charge in [0.15, 0.2) is 0 Å². The summed E-state index contributed by atoms with van der Waals surface area (Å²) in [6.07, 6.45) is 5.91. The predicted molar refractivity (Wildman–Crippen MR) is 162 cm³/mol. The van der Waals surface area contributed by atoms with Crippen LogP contribution in [0.1, 0.15) is 56.3 Å². The second kappa shape index (κ2) is 12.7. The summed E-state index contributed by atoms with van der Waals surface area (Å²) < 4.78 is 20.1. The molecule has 2 atom stereocenters. The number of rotatable bonds is 3. The maximum Gasteiger partial charge on any atom is 0.411 e. The first-order valence-corrected chi connectivity index (χ1v) is 14.8. The summed E-state index contributed by atoms with van der Waals surface area (Å²) >= 11 is 9.43. The van der Waals surface area contributed by atoms with Crippen molar-refractivity contribution in [2.45, 2.75) is 45.1 Å². The topological polar surface area (TPSA) is 116 Å². The number of anilines is 2. The van der Waals surface area contributed by atoms with E-state index in [0.29, 0.717) is 64.2 Å². The van der Waals surface area contributed by atoms with Crippen LogP contribution >= 0.6 is 27.5 Å². The van der Waals surface area contributed by atoms with Crippen molar-refractivity contribution >= 4 is 62.4 Å². The third-order valence-corrected chi connectivity index (χ3v) is 8.63. The molecule has 3 heterocycles. The monoisotopic (exact) mass is 657 g/mol. The van der Waals surface area contributed by atoms with E-state index in [-0.39, 0.29) is 28.8 Å². The standard InChI is InChI=1S/C30H30BrClFN5O4/c1-16-5-3-4-6-24(38-12-11-17(13-25(38)39)26-20(31)9-10-21(32)27(26)33)23-15-34-28(36-23)19-8-7-18(35-30(41)42-2)14-22(19)37-29(16)40/h7-10,13-16,24H,3-6,11-12H2,1-2H3,(H,34,36)(H,35,41)(H,37,40). The Labute approximate surface area is 256 Å². The van der Waals surface area contributed by atoms with Crippen molar-refractivity contribution in [2.24, 2.45) is 5.92 Å². The number of nitrogens with zero attached hydrogens (tertiary/aromatic N) is 2. The zero-order chi connectivity index (χ0) is 30.0. The van der Waals surface area contributed by atoms with Crippen molar-refractivity contribution in [1.29, 1.82) is 0 Å². The van der Waals surface area contributed by atoms with Gasteiger partial charge in [0.1, 0.15) is 11.6 Å². The van der Waals surface area contributed by atoms with Crippen LogP contribution in [0.2, 0.25) is 5.02 Å². The number of benzene rings is 2. The van der Waals surface area contributed by atoms with E-state index in [0.717, 1.165) is 18.5 Å². The van der Waals surface area contributed by atoms with Gasteiger partial charge in [-0.15, -0.1) is 0 Å². The molecule has 0 spiro atoms. The minimum absolute atomic E-state index is 0.000109. The van der Waals surface area contributed by atoms with Gasteiger partial charge in [-0.1, -0.05) is 47.3 Å². The third-order valence-electron chi connectivity index (χ3n) is 7.68. The highest BCUT2D eigenvalue weighted by Gasteiger charge is 2.31. The quantitative estimate of drug-likeness (QED) is 0.255. The normalized spacial score (nSPS) is 19.5. The lowest BCUT2D eigenvalue weighted by Gasteiger charge is -2.34. The fourth-order valence-corrected chi connectivity index (χ4v) is 6.10. The number of aromatic nitrogens is 2. The Kier molecular flexibility index (Phi) is 8.98. The van der Waals surface area contributed by atoms with Crippen LogP contribution in [-0.4, -0.2) is 46.4 Å². The van der Waals surface area contributed by atoms with Gasteiger partial charge in [-0.05, 0) is 55.2 Å². The largest absolute Gasteiger partial charge is 0.453 e. The van der Waals surface area contributed by atoms with Crippen LogP contribution < -0.4 is 10.6 Å². The first-order chi connectivity index (χ1) is 20.2. The number of carbonyl (C=O) groups excluding carboxylic acids is 3. The summed E-state index contributed by atoms with van der Waals surface area (Å²) in [6.45, 7) is 2.26. The fourth-order valence-electron chi connectivity index (χ4n) is 5.38. The van der Waals surface area contributed by atoms with E-state index in [1.807, 2.05) is 6.92 Å². The number of ether oxygens (including phenoxy) is 1. The smallest absolute Gasteiger partial charge is 0.411 e. The first kappa shape index (κ1) is 29.8. The Bertz CT molecular complexity index is 1570. The van der Waals surface area contributed by atoms with E-state index in [9.17, 15) is 18.8 Å². The van der Waals surface area contributed by atoms with Crippen LogP contribution in [0.4, 0.5) is 20.6 Å². The molecule has 12 heteroatoms. The molecule has 1 aromatic heterocycles. The maximum atomic E-state index is 14.9. The lowest BCUT2D eigenvalue weighted by Crippen LogP contribution is -2.37. The lowest BCUT2D eigenvalue weighted by molar-refractivity contribution is -0.129. The van der Waals surface area contributed by atoms with E-state index in [1.165, 1.54) is 19.3 Å². The molecule has 9 nitrogen and oxygen atoms in total. The van der Waals surface area contributed by atoms with Crippen LogP contribution in [-0.2, 0) is 14.3 Å². The number of nitrogens with one attached hydrogen (secondary N) is 3. The molecule has 3 amide bonds. The summed E-state index contributed by atoms with van der Waals surface area (Å²) in [5.74, 6) is -0.671. The number of methoxy groups -OCH3 is 1. The molecule has 3 aromatic rings. The molecule has 0 fully saturated rings. The Morgan fingerprint density at radius 3 is 2.76 bits per heavy atom. The van der Waals surface area contributed by atoms with Gasteiger partial charge in [0, 0.05) is 39.8 Å². The van der Waals surface area contributed by atoms with Crippen molar-refractivity contribution in [1.82, 2.24) is 14.9 Å². The SMILES string of the molecule is COC(=O)Nc1ccc2c(c1)NC(=O)C(C)CCCCC(N1CCC(c3c(Br)ccc(Cl)c3F)=CC1=O)c1cnc-2[nH]1. The van der Waals surface area contributed by atoms with E-state index in [2.05, 4.69) is 36.5 Å². The van der Waals surface area contributed by atoms with Crippen molar-refractivity contribution in [3.05, 3.63) is 69.2 Å². The molecule has 0 radical (unpaired) electrons. The number of hydrogen-bond donors (Lipinski definition) is 3. The van der Waals surface area contributed by atoms with Gasteiger partial charge in [-0.25, -0.2) is 14.2 Å². The molecule has 2 bridgehead atoms. The fraction of sp³-hybridized carbons (Fsp3) is 0.333. The van der Waals surface area contributed by atoms with Crippen molar-refractivity contribution < 1.29 is 23.5 Å². The minimum Gasteiger partial charge on any atom is -0.453 e. The molecule has 42 heavy (non-hydrogen) atoms. The number of halogens is 3. The molecule has 220 valence electrons. The summed E-state index contributed by atoms with van der Waals surface area (Å²) in [4.78, 5) is 48.1. The Hall–Kier alpha value is -3.70. The van der Waals surface area contributed by atoms with Crippen LogP contribution in [0.15, 0.2) is 47.1 Å². The molecule has 5 rings (SSSR count). The average molecular weight is 659 g/mol. The van der Waals surface area contributed by atoms with Crippen LogP contribution in [0.25, 0.3) is 17.0 Å². The third kappa shape index (κ3) is 6.22. The predicted octanol–water partition coefficient (Wildman–Crippen LogP) is 7.32. The van der Waals surface area contributed by atoms with E-state index < -0.39 is 11.9 Å². The number of H-pyrrole nitrogens is 1. The highest BCUT2D eigenvalue weighted by Crippen LogP contribution is 2.38. The van der Waals surface area contributed by atoms with E-state index in [1.54, 1.807) is 35.4 Å². The number of amides is 3. The molecule has 2 aliphatic heterocycles. The minimum atomic E-state index is -0.628. The van der Waals surface area contributed by atoms with Crippen LogP contribution in [0.5, 0.6) is 0 Å². The zero-order valence-electron chi connectivity index (χ0n) is 23.1. The van der Waals surface area contributed by atoms with Crippen LogP contribution in [0.3, 0.4) is 0 Å². The second-order valence-electron chi connectivity index (χ2n) is 10.4. The number of aromatic amines is 1. The molecule has 0 saturated heterocycles. The number of carbonyl (C=O) groups is 3. The first-order valence-electron chi connectivity index (χ1n) is 13.7.